The zero-order valence-corrected chi connectivity index (χ0v) is 11.2. The van der Waals surface area contributed by atoms with Gasteiger partial charge in [0.1, 0.15) is 0 Å². The summed E-state index contributed by atoms with van der Waals surface area (Å²) in [6.07, 6.45) is 0.641. The molecule has 96 valence electrons. The van der Waals surface area contributed by atoms with E-state index >= 15 is 0 Å². The summed E-state index contributed by atoms with van der Waals surface area (Å²) in [5.74, 6) is 1.81. The molecule has 1 N–H and O–H groups in total. The van der Waals surface area contributed by atoms with E-state index in [9.17, 15) is 0 Å². The van der Waals surface area contributed by atoms with Gasteiger partial charge < -0.3 is 9.84 Å². The highest BCUT2D eigenvalue weighted by Gasteiger charge is 2.07. The molecule has 0 fully saturated rings. The van der Waals surface area contributed by atoms with E-state index in [0.717, 1.165) is 11.4 Å². The van der Waals surface area contributed by atoms with Gasteiger partial charge in [-0.15, -0.1) is 0 Å². The molecule has 18 heavy (non-hydrogen) atoms. The maximum absolute atomic E-state index is 6.00. The van der Waals surface area contributed by atoms with E-state index in [4.69, 9.17) is 16.1 Å². The number of rotatable bonds is 4. The van der Waals surface area contributed by atoms with Crippen molar-refractivity contribution < 1.29 is 4.52 Å². The Morgan fingerprint density at radius 2 is 1.83 bits per heavy atom. The molecule has 2 aromatic heterocycles. The molecule has 2 rings (SSSR count). The van der Waals surface area contributed by atoms with E-state index in [1.54, 1.807) is 6.92 Å². The second-order valence-electron chi connectivity index (χ2n) is 3.94. The molecule has 0 saturated carbocycles. The van der Waals surface area contributed by atoms with Gasteiger partial charge in [-0.1, -0.05) is 16.8 Å². The van der Waals surface area contributed by atoms with E-state index in [1.807, 2.05) is 13.8 Å². The topological polar surface area (TPSA) is 76.7 Å². The summed E-state index contributed by atoms with van der Waals surface area (Å²) in [5.41, 5.74) is 1.69. The van der Waals surface area contributed by atoms with Crippen molar-refractivity contribution >= 4 is 17.4 Å². The Bertz CT molecular complexity index is 554. The smallest absolute Gasteiger partial charge is 0.223 e. The summed E-state index contributed by atoms with van der Waals surface area (Å²) in [6.45, 7) is 6.15. The Kier molecular flexibility index (Phi) is 3.76. The maximum atomic E-state index is 6.00. The molecule has 2 heterocycles. The van der Waals surface area contributed by atoms with Crippen LogP contribution in [0.25, 0.3) is 0 Å². The van der Waals surface area contributed by atoms with E-state index in [2.05, 4.69) is 25.4 Å². The number of aromatic nitrogens is 4. The van der Waals surface area contributed by atoms with Gasteiger partial charge in [0, 0.05) is 19.9 Å². The van der Waals surface area contributed by atoms with Gasteiger partial charge in [-0.05, 0) is 13.8 Å². The van der Waals surface area contributed by atoms with Crippen LogP contribution in [0.1, 0.15) is 23.1 Å². The largest absolute Gasteiger partial charge is 0.367 e. The predicted molar refractivity (Wildman–Crippen MR) is 67.7 cm³/mol. The number of hydrogen-bond acceptors (Lipinski definition) is 6. The van der Waals surface area contributed by atoms with Crippen LogP contribution < -0.4 is 5.32 Å². The molecular weight excluding hydrogens is 254 g/mol. The molecular formula is C11H14ClN5O. The second kappa shape index (κ2) is 5.30. The van der Waals surface area contributed by atoms with Crippen LogP contribution in [0.3, 0.4) is 0 Å². The van der Waals surface area contributed by atoms with Crippen molar-refractivity contribution in [2.75, 3.05) is 11.9 Å². The Hall–Kier alpha value is -1.69. The zero-order valence-electron chi connectivity index (χ0n) is 10.5. The van der Waals surface area contributed by atoms with Crippen LogP contribution >= 0.6 is 11.6 Å². The Morgan fingerprint density at radius 1 is 1.11 bits per heavy atom. The lowest BCUT2D eigenvalue weighted by molar-refractivity contribution is 0.387. The number of nitrogens with one attached hydrogen (secondary N) is 1. The molecule has 0 aliphatic carbocycles. The minimum Gasteiger partial charge on any atom is -0.367 e. The number of aryl methyl sites for hydroxylation is 3. The third-order valence-corrected chi connectivity index (χ3v) is 2.74. The van der Waals surface area contributed by atoms with Gasteiger partial charge in [-0.2, -0.15) is 4.98 Å². The first-order valence-corrected chi connectivity index (χ1v) is 5.98. The SMILES string of the molecule is Cc1nc(CCNc2nc(C)c(C)nc2Cl)no1. The van der Waals surface area contributed by atoms with Gasteiger partial charge in [0.05, 0.1) is 11.4 Å². The molecule has 0 amide bonds. The molecule has 0 atom stereocenters. The maximum Gasteiger partial charge on any atom is 0.223 e. The van der Waals surface area contributed by atoms with Crippen molar-refractivity contribution in [3.8, 4) is 0 Å². The van der Waals surface area contributed by atoms with Gasteiger partial charge in [-0.3, -0.25) is 0 Å². The average Bonchev–Trinajstić information content (AvgIpc) is 2.71. The van der Waals surface area contributed by atoms with Gasteiger partial charge in [0.2, 0.25) is 5.89 Å². The number of nitrogens with zero attached hydrogens (tertiary/aromatic N) is 4. The standard InChI is InChI=1S/C11H14ClN5O/c1-6-7(2)15-11(10(12)14-6)13-5-4-9-16-8(3)18-17-9/h4-5H2,1-3H3,(H,13,15). The molecule has 0 radical (unpaired) electrons. The summed E-state index contributed by atoms with van der Waals surface area (Å²) in [5, 5.41) is 7.29. The first-order chi connectivity index (χ1) is 8.56. The Balaban J connectivity index is 1.96. The molecule has 6 nitrogen and oxygen atoms in total. The summed E-state index contributed by atoms with van der Waals surface area (Å²) in [4.78, 5) is 12.6. The fourth-order valence-corrected chi connectivity index (χ4v) is 1.66. The van der Waals surface area contributed by atoms with Crippen molar-refractivity contribution in [2.45, 2.75) is 27.2 Å². The minimum absolute atomic E-state index is 0.377. The van der Waals surface area contributed by atoms with Crippen LogP contribution in [0.5, 0.6) is 0 Å². The third kappa shape index (κ3) is 2.95. The van der Waals surface area contributed by atoms with Gasteiger partial charge in [-0.25, -0.2) is 9.97 Å². The summed E-state index contributed by atoms with van der Waals surface area (Å²) >= 11 is 6.00. The lowest BCUT2D eigenvalue weighted by Gasteiger charge is -2.07. The fourth-order valence-electron chi connectivity index (χ4n) is 1.42. The molecule has 0 aliphatic rings. The minimum atomic E-state index is 0.377. The quantitative estimate of drug-likeness (QED) is 0.914. The molecule has 0 aliphatic heterocycles. The van der Waals surface area contributed by atoms with Crippen molar-refractivity contribution in [3.63, 3.8) is 0 Å². The lowest BCUT2D eigenvalue weighted by atomic mass is 10.3. The number of halogens is 1. The van der Waals surface area contributed by atoms with Gasteiger partial charge >= 0.3 is 0 Å². The highest BCUT2D eigenvalue weighted by Crippen LogP contribution is 2.18. The highest BCUT2D eigenvalue weighted by atomic mass is 35.5. The summed E-state index contributed by atoms with van der Waals surface area (Å²) in [6, 6.07) is 0. The molecule has 0 saturated heterocycles. The van der Waals surface area contributed by atoms with E-state index in [-0.39, 0.29) is 0 Å². The molecule has 0 spiro atoms. The fraction of sp³-hybridized carbons (Fsp3) is 0.455. The van der Waals surface area contributed by atoms with Crippen molar-refractivity contribution in [2.24, 2.45) is 0 Å². The van der Waals surface area contributed by atoms with Crippen LogP contribution in [-0.2, 0) is 6.42 Å². The normalized spacial score (nSPS) is 10.7. The van der Waals surface area contributed by atoms with Crippen LogP contribution in [0.2, 0.25) is 5.15 Å². The van der Waals surface area contributed by atoms with Crippen molar-refractivity contribution in [1.29, 1.82) is 0 Å². The van der Waals surface area contributed by atoms with E-state index in [0.29, 0.717) is 35.7 Å². The van der Waals surface area contributed by atoms with Gasteiger partial charge in [0.15, 0.2) is 16.8 Å². The summed E-state index contributed by atoms with van der Waals surface area (Å²) in [7, 11) is 0. The summed E-state index contributed by atoms with van der Waals surface area (Å²) < 4.78 is 4.88. The predicted octanol–water partition coefficient (Wildman–Crippen LogP) is 2.09. The second-order valence-corrected chi connectivity index (χ2v) is 4.30. The van der Waals surface area contributed by atoms with E-state index < -0.39 is 0 Å². The molecule has 0 bridgehead atoms. The van der Waals surface area contributed by atoms with Crippen molar-refractivity contribution in [1.82, 2.24) is 20.1 Å². The van der Waals surface area contributed by atoms with Crippen molar-refractivity contribution in [3.05, 3.63) is 28.3 Å². The molecule has 2 aromatic rings. The Morgan fingerprint density at radius 3 is 2.50 bits per heavy atom. The van der Waals surface area contributed by atoms with Crippen LogP contribution in [0, 0.1) is 20.8 Å². The van der Waals surface area contributed by atoms with E-state index in [1.165, 1.54) is 0 Å². The molecule has 7 heteroatoms. The Labute approximate surface area is 110 Å². The lowest BCUT2D eigenvalue weighted by Crippen LogP contribution is -2.09. The first-order valence-electron chi connectivity index (χ1n) is 5.60. The highest BCUT2D eigenvalue weighted by molar-refractivity contribution is 6.31. The van der Waals surface area contributed by atoms with Crippen LogP contribution in [0.4, 0.5) is 5.82 Å². The zero-order chi connectivity index (χ0) is 13.1. The molecule has 0 aromatic carbocycles. The van der Waals surface area contributed by atoms with Gasteiger partial charge in [0.25, 0.3) is 0 Å². The van der Waals surface area contributed by atoms with Crippen LogP contribution in [0.15, 0.2) is 4.52 Å². The monoisotopic (exact) mass is 267 g/mol. The third-order valence-electron chi connectivity index (χ3n) is 2.48. The average molecular weight is 268 g/mol. The number of anilines is 1. The molecule has 0 unspecified atom stereocenters. The number of hydrogen-bond donors (Lipinski definition) is 1. The van der Waals surface area contributed by atoms with Crippen LogP contribution in [-0.4, -0.2) is 26.7 Å². The first kappa shape index (κ1) is 12.8.